The normalized spacial score (nSPS) is 15.8. The standard InChI is InChI=1S/C15H24N4O/c1-4-9-19(11-7-5-6-8-11)15(20)14-12(16)13(10(2)3)17-18-14/h4,10-11H,1,5-9,16H2,2-3H3,(H,17,18). The number of nitrogens with one attached hydrogen (secondary N) is 1. The molecule has 1 heterocycles. The van der Waals surface area contributed by atoms with Gasteiger partial charge in [-0.1, -0.05) is 32.8 Å². The lowest BCUT2D eigenvalue weighted by molar-refractivity contribution is 0.0701. The van der Waals surface area contributed by atoms with E-state index in [1.165, 1.54) is 12.8 Å². The number of hydrogen-bond donors (Lipinski definition) is 2. The number of amides is 1. The monoisotopic (exact) mass is 276 g/mol. The molecule has 2 rings (SSSR count). The van der Waals surface area contributed by atoms with Crippen molar-refractivity contribution in [2.45, 2.75) is 51.5 Å². The van der Waals surface area contributed by atoms with Crippen molar-refractivity contribution in [2.24, 2.45) is 0 Å². The number of carbonyl (C=O) groups is 1. The zero-order valence-corrected chi connectivity index (χ0v) is 12.4. The van der Waals surface area contributed by atoms with Crippen molar-refractivity contribution in [3.8, 4) is 0 Å². The first kappa shape index (κ1) is 14.6. The number of aromatic amines is 1. The third kappa shape index (κ3) is 2.71. The summed E-state index contributed by atoms with van der Waals surface area (Å²) < 4.78 is 0. The summed E-state index contributed by atoms with van der Waals surface area (Å²) in [6.45, 7) is 8.35. The van der Waals surface area contributed by atoms with Gasteiger partial charge in [-0.05, 0) is 18.8 Å². The van der Waals surface area contributed by atoms with Gasteiger partial charge in [0.15, 0.2) is 5.69 Å². The number of rotatable bonds is 5. The first-order valence-corrected chi connectivity index (χ1v) is 7.31. The van der Waals surface area contributed by atoms with Crippen molar-refractivity contribution in [2.75, 3.05) is 12.3 Å². The Morgan fingerprint density at radius 1 is 1.55 bits per heavy atom. The molecule has 1 amide bonds. The molecule has 0 saturated heterocycles. The minimum absolute atomic E-state index is 0.0857. The van der Waals surface area contributed by atoms with Crippen LogP contribution >= 0.6 is 0 Å². The molecule has 0 spiro atoms. The number of anilines is 1. The van der Waals surface area contributed by atoms with Crippen LogP contribution in [-0.2, 0) is 0 Å². The summed E-state index contributed by atoms with van der Waals surface area (Å²) in [6, 6.07) is 0.291. The predicted molar refractivity (Wildman–Crippen MR) is 80.6 cm³/mol. The molecule has 1 aliphatic rings. The van der Waals surface area contributed by atoms with Gasteiger partial charge in [0.2, 0.25) is 0 Å². The van der Waals surface area contributed by atoms with Gasteiger partial charge in [-0.2, -0.15) is 5.10 Å². The summed E-state index contributed by atoms with van der Waals surface area (Å²) in [6.07, 6.45) is 6.24. The van der Waals surface area contributed by atoms with Crippen LogP contribution < -0.4 is 5.73 Å². The molecule has 1 saturated carbocycles. The molecule has 0 atom stereocenters. The van der Waals surface area contributed by atoms with Crippen molar-refractivity contribution < 1.29 is 4.79 Å². The SMILES string of the molecule is C=CCN(C(=O)c1n[nH]c(C(C)C)c1N)C1CCCC1. The quantitative estimate of drug-likeness (QED) is 0.812. The third-order valence-electron chi connectivity index (χ3n) is 3.97. The van der Waals surface area contributed by atoms with Crippen LogP contribution in [0.3, 0.4) is 0 Å². The molecule has 0 aromatic carbocycles. The Bertz CT molecular complexity index is 486. The minimum Gasteiger partial charge on any atom is -0.395 e. The second-order valence-corrected chi connectivity index (χ2v) is 5.74. The van der Waals surface area contributed by atoms with Gasteiger partial charge in [-0.15, -0.1) is 6.58 Å². The average Bonchev–Trinajstić information content (AvgIpc) is 3.04. The number of nitrogens with zero attached hydrogens (tertiary/aromatic N) is 2. The van der Waals surface area contributed by atoms with Gasteiger partial charge < -0.3 is 10.6 Å². The van der Waals surface area contributed by atoms with Crippen LogP contribution in [0.4, 0.5) is 5.69 Å². The highest BCUT2D eigenvalue weighted by atomic mass is 16.2. The first-order valence-electron chi connectivity index (χ1n) is 7.31. The van der Waals surface area contributed by atoms with Gasteiger partial charge in [0.25, 0.3) is 5.91 Å². The van der Waals surface area contributed by atoms with E-state index in [0.29, 0.717) is 24.0 Å². The molecule has 0 bridgehead atoms. The summed E-state index contributed by atoms with van der Waals surface area (Å²) in [7, 11) is 0. The van der Waals surface area contributed by atoms with Gasteiger partial charge >= 0.3 is 0 Å². The summed E-state index contributed by atoms with van der Waals surface area (Å²) in [5, 5.41) is 7.03. The molecule has 5 nitrogen and oxygen atoms in total. The molecule has 1 fully saturated rings. The van der Waals surface area contributed by atoms with E-state index in [2.05, 4.69) is 16.8 Å². The van der Waals surface area contributed by atoms with E-state index in [-0.39, 0.29) is 11.8 Å². The molecule has 0 radical (unpaired) electrons. The first-order chi connectivity index (χ1) is 9.56. The Morgan fingerprint density at radius 3 is 2.70 bits per heavy atom. The van der Waals surface area contributed by atoms with Gasteiger partial charge in [-0.3, -0.25) is 9.89 Å². The highest BCUT2D eigenvalue weighted by Crippen LogP contribution is 2.27. The second-order valence-electron chi connectivity index (χ2n) is 5.74. The zero-order valence-electron chi connectivity index (χ0n) is 12.4. The summed E-state index contributed by atoms with van der Waals surface area (Å²) in [5.74, 6) is 0.140. The van der Waals surface area contributed by atoms with Crippen LogP contribution in [0.5, 0.6) is 0 Å². The van der Waals surface area contributed by atoms with E-state index in [4.69, 9.17) is 5.73 Å². The summed E-state index contributed by atoms with van der Waals surface area (Å²) in [4.78, 5) is 14.6. The molecule has 110 valence electrons. The molecule has 20 heavy (non-hydrogen) atoms. The Hall–Kier alpha value is -1.78. The van der Waals surface area contributed by atoms with Crippen LogP contribution in [0.15, 0.2) is 12.7 Å². The number of hydrogen-bond acceptors (Lipinski definition) is 3. The van der Waals surface area contributed by atoms with Crippen LogP contribution in [0.25, 0.3) is 0 Å². The molecular formula is C15H24N4O. The number of aromatic nitrogens is 2. The number of nitrogen functional groups attached to an aromatic ring is 1. The van der Waals surface area contributed by atoms with Crippen molar-refractivity contribution in [1.29, 1.82) is 0 Å². The maximum Gasteiger partial charge on any atom is 0.277 e. The van der Waals surface area contributed by atoms with Crippen LogP contribution in [0, 0.1) is 0 Å². The fraction of sp³-hybridized carbons (Fsp3) is 0.600. The molecule has 1 aromatic rings. The van der Waals surface area contributed by atoms with Crippen LogP contribution in [-0.4, -0.2) is 33.6 Å². The molecule has 1 aromatic heterocycles. The summed E-state index contributed by atoms with van der Waals surface area (Å²) in [5.41, 5.74) is 7.74. The van der Waals surface area contributed by atoms with E-state index in [9.17, 15) is 4.79 Å². The summed E-state index contributed by atoms with van der Waals surface area (Å²) >= 11 is 0. The van der Waals surface area contributed by atoms with E-state index in [0.717, 1.165) is 18.5 Å². The Morgan fingerprint density at radius 2 is 2.20 bits per heavy atom. The molecule has 5 heteroatoms. The predicted octanol–water partition coefficient (Wildman–Crippen LogP) is 2.69. The average molecular weight is 276 g/mol. The fourth-order valence-corrected chi connectivity index (χ4v) is 2.86. The molecule has 3 N–H and O–H groups in total. The van der Waals surface area contributed by atoms with Crippen molar-refractivity contribution in [3.63, 3.8) is 0 Å². The highest BCUT2D eigenvalue weighted by molar-refractivity contribution is 5.98. The van der Waals surface area contributed by atoms with Crippen LogP contribution in [0.1, 0.15) is 61.6 Å². The van der Waals surface area contributed by atoms with E-state index in [1.807, 2.05) is 18.7 Å². The Labute approximate surface area is 120 Å². The Balaban J connectivity index is 2.25. The van der Waals surface area contributed by atoms with Crippen molar-refractivity contribution >= 4 is 11.6 Å². The van der Waals surface area contributed by atoms with E-state index < -0.39 is 0 Å². The largest absolute Gasteiger partial charge is 0.395 e. The molecule has 1 aliphatic carbocycles. The zero-order chi connectivity index (χ0) is 14.7. The highest BCUT2D eigenvalue weighted by Gasteiger charge is 2.30. The number of carbonyl (C=O) groups excluding carboxylic acids is 1. The van der Waals surface area contributed by atoms with Gasteiger partial charge in [0, 0.05) is 12.6 Å². The van der Waals surface area contributed by atoms with Crippen LogP contribution in [0.2, 0.25) is 0 Å². The maximum atomic E-state index is 12.7. The molecule has 0 aliphatic heterocycles. The van der Waals surface area contributed by atoms with Crippen molar-refractivity contribution in [1.82, 2.24) is 15.1 Å². The van der Waals surface area contributed by atoms with Gasteiger partial charge in [0.05, 0.1) is 11.4 Å². The van der Waals surface area contributed by atoms with Gasteiger partial charge in [-0.25, -0.2) is 0 Å². The Kier molecular flexibility index (Phi) is 4.47. The number of nitrogens with two attached hydrogens (primary N) is 1. The third-order valence-corrected chi connectivity index (χ3v) is 3.97. The lowest BCUT2D eigenvalue weighted by Gasteiger charge is -2.27. The van der Waals surface area contributed by atoms with E-state index in [1.54, 1.807) is 6.08 Å². The van der Waals surface area contributed by atoms with E-state index >= 15 is 0 Å². The minimum atomic E-state index is -0.0857. The lowest BCUT2D eigenvalue weighted by Crippen LogP contribution is -2.39. The van der Waals surface area contributed by atoms with Gasteiger partial charge in [0.1, 0.15) is 0 Å². The maximum absolute atomic E-state index is 12.7. The molecule has 0 unspecified atom stereocenters. The topological polar surface area (TPSA) is 75.0 Å². The lowest BCUT2D eigenvalue weighted by atomic mass is 10.1. The number of H-pyrrole nitrogens is 1. The fourth-order valence-electron chi connectivity index (χ4n) is 2.86. The van der Waals surface area contributed by atoms with Crippen molar-refractivity contribution in [3.05, 3.63) is 24.0 Å². The second kappa shape index (κ2) is 6.11. The molecular weight excluding hydrogens is 252 g/mol. The smallest absolute Gasteiger partial charge is 0.277 e.